The van der Waals surface area contributed by atoms with Gasteiger partial charge in [0.25, 0.3) is 5.91 Å². The van der Waals surface area contributed by atoms with Crippen LogP contribution in [0.2, 0.25) is 0 Å². The van der Waals surface area contributed by atoms with Gasteiger partial charge >= 0.3 is 0 Å². The maximum absolute atomic E-state index is 11.1. The molecule has 1 aliphatic carbocycles. The zero-order chi connectivity index (χ0) is 11.5. The second-order valence-electron chi connectivity index (χ2n) is 3.84. The lowest BCUT2D eigenvalue weighted by Crippen LogP contribution is -2.25. The number of ether oxygens (including phenoxy) is 1. The van der Waals surface area contributed by atoms with Gasteiger partial charge in [-0.3, -0.25) is 4.79 Å². The summed E-state index contributed by atoms with van der Waals surface area (Å²) < 4.78 is 5.43. The van der Waals surface area contributed by atoms with E-state index in [0.717, 1.165) is 24.0 Å². The van der Waals surface area contributed by atoms with Crippen molar-refractivity contribution < 1.29 is 14.6 Å². The van der Waals surface area contributed by atoms with Gasteiger partial charge in [-0.25, -0.2) is 0 Å². The standard InChI is InChI=1S/C12H15NO3/c1-13-12(15)7-16-11-4-2-3-8-9(11)5-6-10(8)14/h2-4,10,14H,5-7H2,1H3,(H,13,15). The minimum atomic E-state index is -0.390. The minimum Gasteiger partial charge on any atom is -0.483 e. The molecule has 16 heavy (non-hydrogen) atoms. The van der Waals surface area contributed by atoms with Gasteiger partial charge in [0.15, 0.2) is 6.61 Å². The number of carbonyl (C=O) groups is 1. The van der Waals surface area contributed by atoms with E-state index >= 15 is 0 Å². The van der Waals surface area contributed by atoms with Gasteiger partial charge in [-0.2, -0.15) is 0 Å². The van der Waals surface area contributed by atoms with Gasteiger partial charge in [0, 0.05) is 12.6 Å². The van der Waals surface area contributed by atoms with Crippen LogP contribution in [0.4, 0.5) is 0 Å². The number of carbonyl (C=O) groups excluding carboxylic acids is 1. The molecule has 1 unspecified atom stereocenters. The highest BCUT2D eigenvalue weighted by atomic mass is 16.5. The molecular weight excluding hydrogens is 206 g/mol. The van der Waals surface area contributed by atoms with E-state index in [0.29, 0.717) is 5.75 Å². The smallest absolute Gasteiger partial charge is 0.257 e. The van der Waals surface area contributed by atoms with Gasteiger partial charge in [-0.15, -0.1) is 0 Å². The lowest BCUT2D eigenvalue weighted by atomic mass is 10.1. The number of rotatable bonds is 3. The van der Waals surface area contributed by atoms with Gasteiger partial charge in [-0.05, 0) is 24.5 Å². The van der Waals surface area contributed by atoms with Crippen molar-refractivity contribution in [2.24, 2.45) is 0 Å². The summed E-state index contributed by atoms with van der Waals surface area (Å²) in [7, 11) is 1.57. The summed E-state index contributed by atoms with van der Waals surface area (Å²) >= 11 is 0. The molecule has 1 amide bonds. The van der Waals surface area contributed by atoms with E-state index in [1.54, 1.807) is 7.05 Å². The van der Waals surface area contributed by atoms with Crippen LogP contribution < -0.4 is 10.1 Å². The van der Waals surface area contributed by atoms with Crippen molar-refractivity contribution in [3.63, 3.8) is 0 Å². The van der Waals surface area contributed by atoms with Crippen LogP contribution in [0.3, 0.4) is 0 Å². The molecule has 1 aromatic rings. The van der Waals surface area contributed by atoms with E-state index in [1.165, 1.54) is 0 Å². The van der Waals surface area contributed by atoms with Gasteiger partial charge in [0.1, 0.15) is 5.75 Å². The molecule has 0 radical (unpaired) electrons. The lowest BCUT2D eigenvalue weighted by Gasteiger charge is -2.10. The molecule has 4 heteroatoms. The number of aliphatic hydroxyl groups is 1. The zero-order valence-corrected chi connectivity index (χ0v) is 9.19. The normalized spacial score (nSPS) is 18.0. The molecule has 2 N–H and O–H groups in total. The fourth-order valence-corrected chi connectivity index (χ4v) is 1.95. The Balaban J connectivity index is 2.14. The highest BCUT2D eigenvalue weighted by Gasteiger charge is 2.23. The van der Waals surface area contributed by atoms with Crippen molar-refractivity contribution >= 4 is 5.91 Å². The summed E-state index contributed by atoms with van der Waals surface area (Å²) in [6.45, 7) is 0.0169. The van der Waals surface area contributed by atoms with Gasteiger partial charge in [0.2, 0.25) is 0 Å². The molecular formula is C12H15NO3. The first-order valence-electron chi connectivity index (χ1n) is 5.35. The topological polar surface area (TPSA) is 58.6 Å². The first-order chi connectivity index (χ1) is 7.72. The monoisotopic (exact) mass is 221 g/mol. The largest absolute Gasteiger partial charge is 0.483 e. The first-order valence-corrected chi connectivity index (χ1v) is 5.35. The molecule has 0 saturated heterocycles. The Kier molecular flexibility index (Phi) is 3.10. The van der Waals surface area contributed by atoms with Crippen LogP contribution in [-0.4, -0.2) is 24.7 Å². The highest BCUT2D eigenvalue weighted by molar-refractivity contribution is 5.77. The molecule has 0 aliphatic heterocycles. The van der Waals surface area contributed by atoms with Crippen LogP contribution in [0.1, 0.15) is 23.7 Å². The van der Waals surface area contributed by atoms with Crippen molar-refractivity contribution in [1.29, 1.82) is 0 Å². The molecule has 1 aliphatic rings. The molecule has 1 atom stereocenters. The number of aliphatic hydroxyl groups excluding tert-OH is 1. The van der Waals surface area contributed by atoms with Crippen LogP contribution in [0.5, 0.6) is 5.75 Å². The predicted octanol–water partition coefficient (Wildman–Crippen LogP) is 0.791. The van der Waals surface area contributed by atoms with Crippen LogP contribution in [0.25, 0.3) is 0 Å². The molecule has 0 fully saturated rings. The third-order valence-corrected chi connectivity index (χ3v) is 2.83. The fraction of sp³-hybridized carbons (Fsp3) is 0.417. The summed E-state index contributed by atoms with van der Waals surface area (Å²) in [4.78, 5) is 11.1. The van der Waals surface area contributed by atoms with Gasteiger partial charge in [0.05, 0.1) is 6.10 Å². The van der Waals surface area contributed by atoms with Crippen LogP contribution >= 0.6 is 0 Å². The molecule has 0 bridgehead atoms. The second kappa shape index (κ2) is 4.53. The Morgan fingerprint density at radius 2 is 2.44 bits per heavy atom. The van der Waals surface area contributed by atoms with E-state index in [4.69, 9.17) is 4.74 Å². The quantitative estimate of drug-likeness (QED) is 0.793. The van der Waals surface area contributed by atoms with E-state index in [2.05, 4.69) is 5.32 Å². The van der Waals surface area contributed by atoms with Crippen molar-refractivity contribution in [2.45, 2.75) is 18.9 Å². The summed E-state index contributed by atoms with van der Waals surface area (Å²) in [5.74, 6) is 0.550. The van der Waals surface area contributed by atoms with Crippen LogP contribution in [0, 0.1) is 0 Å². The van der Waals surface area contributed by atoms with E-state index in [-0.39, 0.29) is 12.5 Å². The molecule has 0 heterocycles. The minimum absolute atomic E-state index is 0.0169. The lowest BCUT2D eigenvalue weighted by molar-refractivity contribution is -0.122. The Morgan fingerprint density at radius 3 is 3.19 bits per heavy atom. The Bertz CT molecular complexity index is 403. The summed E-state index contributed by atoms with van der Waals surface area (Å²) in [6, 6.07) is 5.58. The van der Waals surface area contributed by atoms with E-state index in [1.807, 2.05) is 18.2 Å². The van der Waals surface area contributed by atoms with Crippen molar-refractivity contribution in [3.8, 4) is 5.75 Å². The van der Waals surface area contributed by atoms with Crippen molar-refractivity contribution in [1.82, 2.24) is 5.32 Å². The third-order valence-electron chi connectivity index (χ3n) is 2.83. The molecule has 2 rings (SSSR count). The van der Waals surface area contributed by atoms with Gasteiger partial charge < -0.3 is 15.2 Å². The number of benzene rings is 1. The number of hydrogen-bond acceptors (Lipinski definition) is 3. The zero-order valence-electron chi connectivity index (χ0n) is 9.19. The predicted molar refractivity (Wildman–Crippen MR) is 59.3 cm³/mol. The number of fused-ring (bicyclic) bond motifs is 1. The van der Waals surface area contributed by atoms with Crippen LogP contribution in [0.15, 0.2) is 18.2 Å². The SMILES string of the molecule is CNC(=O)COc1cccc2c1CCC2O. The maximum Gasteiger partial charge on any atom is 0.257 e. The third kappa shape index (κ3) is 2.02. The summed E-state index contributed by atoms with van der Waals surface area (Å²) in [6.07, 6.45) is 1.15. The van der Waals surface area contributed by atoms with Gasteiger partial charge in [-0.1, -0.05) is 12.1 Å². The fourth-order valence-electron chi connectivity index (χ4n) is 1.95. The molecule has 1 aromatic carbocycles. The first kappa shape index (κ1) is 11.0. The number of likely N-dealkylation sites (N-methyl/N-ethyl adjacent to an activating group) is 1. The molecule has 0 spiro atoms. The summed E-state index contributed by atoms with van der Waals surface area (Å²) in [5.41, 5.74) is 1.95. The molecule has 0 aromatic heterocycles. The molecule has 4 nitrogen and oxygen atoms in total. The summed E-state index contributed by atoms with van der Waals surface area (Å²) in [5, 5.41) is 12.2. The Hall–Kier alpha value is -1.55. The van der Waals surface area contributed by atoms with Crippen LogP contribution in [-0.2, 0) is 11.2 Å². The Labute approximate surface area is 94.2 Å². The molecule has 0 saturated carbocycles. The number of amides is 1. The maximum atomic E-state index is 11.1. The number of nitrogens with one attached hydrogen (secondary N) is 1. The average Bonchev–Trinajstić information content (AvgIpc) is 2.69. The van der Waals surface area contributed by atoms with Crippen molar-refractivity contribution in [3.05, 3.63) is 29.3 Å². The Morgan fingerprint density at radius 1 is 1.62 bits per heavy atom. The van der Waals surface area contributed by atoms with E-state index < -0.39 is 6.10 Å². The van der Waals surface area contributed by atoms with Crippen molar-refractivity contribution in [2.75, 3.05) is 13.7 Å². The number of hydrogen-bond donors (Lipinski definition) is 2. The average molecular weight is 221 g/mol. The molecule has 86 valence electrons. The van der Waals surface area contributed by atoms with E-state index in [9.17, 15) is 9.90 Å². The highest BCUT2D eigenvalue weighted by Crippen LogP contribution is 2.36. The second-order valence-corrected chi connectivity index (χ2v) is 3.84.